The van der Waals surface area contributed by atoms with Gasteiger partial charge >= 0.3 is 13.3 Å². The van der Waals surface area contributed by atoms with Gasteiger partial charge in [0.25, 0.3) is 0 Å². The number of fused-ring (bicyclic) bond motifs is 1. The van der Waals surface area contributed by atoms with Gasteiger partial charge in [-0.25, -0.2) is 4.79 Å². The first kappa shape index (κ1) is 20.1. The summed E-state index contributed by atoms with van der Waals surface area (Å²) < 4.78 is 23.3. The maximum atomic E-state index is 12.1. The molecule has 144 valence electrons. The van der Waals surface area contributed by atoms with Crippen LogP contribution in [0.25, 0.3) is 10.8 Å². The lowest BCUT2D eigenvalue weighted by Crippen LogP contribution is -2.35. The van der Waals surface area contributed by atoms with Crippen LogP contribution in [0.2, 0.25) is 0 Å². The molecule has 0 amide bonds. The molecular weight excluding hydrogens is 362 g/mol. The number of carbonyl (C=O) groups is 1. The summed E-state index contributed by atoms with van der Waals surface area (Å²) in [6, 6.07) is 11.4. The summed E-state index contributed by atoms with van der Waals surface area (Å²) in [6.45, 7) is 13.8. The predicted molar refractivity (Wildman–Crippen MR) is 111 cm³/mol. The number of hydrogen-bond donors (Lipinski definition) is 0. The van der Waals surface area contributed by atoms with E-state index in [1.54, 1.807) is 26.8 Å². The van der Waals surface area contributed by atoms with Crippen molar-refractivity contribution in [3.8, 4) is 5.75 Å². The third-order valence-corrected chi connectivity index (χ3v) is 8.22. The van der Waals surface area contributed by atoms with Gasteiger partial charge in [-0.05, 0) is 37.7 Å². The Labute approximate surface area is 161 Å². The van der Waals surface area contributed by atoms with Crippen molar-refractivity contribution in [3.63, 3.8) is 0 Å². The Kier molecular flexibility index (Phi) is 5.05. The zero-order valence-corrected chi connectivity index (χ0v) is 17.9. The molecule has 0 unspecified atom stereocenters. The number of hydrogen-bond acceptors (Lipinski definition) is 5. The van der Waals surface area contributed by atoms with Crippen molar-refractivity contribution >= 4 is 37.0 Å². The average molecular weight is 389 g/mol. The van der Waals surface area contributed by atoms with Crippen molar-refractivity contribution in [3.05, 3.63) is 36.4 Å². The minimum Gasteiger partial charge on any atom is -0.428 e. The van der Waals surface area contributed by atoms with Crippen molar-refractivity contribution in [1.82, 2.24) is 0 Å². The molecule has 5 nitrogen and oxygen atoms in total. The summed E-state index contributed by atoms with van der Waals surface area (Å²) in [7, 11) is -2.12. The van der Waals surface area contributed by atoms with Crippen LogP contribution in [0.4, 0.5) is 4.79 Å². The zero-order valence-electron chi connectivity index (χ0n) is 17.0. The van der Waals surface area contributed by atoms with E-state index >= 15 is 0 Å². The summed E-state index contributed by atoms with van der Waals surface area (Å²) in [6.07, 6.45) is -0.720. The first-order valence-electron chi connectivity index (χ1n) is 9.02. The molecule has 0 radical (unpaired) electrons. The highest BCUT2D eigenvalue weighted by atomic mass is 31.2. The van der Waals surface area contributed by atoms with E-state index in [9.17, 15) is 4.79 Å². The van der Waals surface area contributed by atoms with Crippen molar-refractivity contribution in [2.24, 2.45) is 0 Å². The highest BCUT2D eigenvalue weighted by Crippen LogP contribution is 2.68. The smallest absolute Gasteiger partial charge is 0.428 e. The Morgan fingerprint density at radius 3 is 2.26 bits per heavy atom. The molecule has 27 heavy (non-hydrogen) atoms. The minimum absolute atomic E-state index is 0.315. The second-order valence-corrected chi connectivity index (χ2v) is 12.6. The highest BCUT2D eigenvalue weighted by molar-refractivity contribution is 7.72. The molecule has 1 fully saturated rings. The van der Waals surface area contributed by atoms with Crippen LogP contribution in [0.5, 0.6) is 5.75 Å². The summed E-state index contributed by atoms with van der Waals surface area (Å²) in [4.78, 5) is 12.1. The van der Waals surface area contributed by atoms with Crippen molar-refractivity contribution in [2.75, 3.05) is 13.3 Å². The lowest BCUT2D eigenvalue weighted by Gasteiger charge is -2.23. The molecule has 0 spiro atoms. The van der Waals surface area contributed by atoms with Gasteiger partial charge in [0.2, 0.25) is 0 Å². The SMILES string of the molecule is CC(C)(C)OC(=O)Oc1ccc(B2OC(C)(C)[P+](C)(C)O2)c2ccccc12. The molecule has 0 atom stereocenters. The van der Waals surface area contributed by atoms with Crippen LogP contribution in [-0.2, 0) is 13.8 Å². The summed E-state index contributed by atoms with van der Waals surface area (Å²) in [5, 5.41) is 1.43. The van der Waals surface area contributed by atoms with Gasteiger partial charge in [0.1, 0.15) is 11.4 Å². The van der Waals surface area contributed by atoms with E-state index in [1.165, 1.54) is 0 Å². The largest absolute Gasteiger partial charge is 0.541 e. The summed E-state index contributed by atoms with van der Waals surface area (Å²) in [5.74, 6) is 0.454. The molecule has 1 saturated heterocycles. The van der Waals surface area contributed by atoms with Crippen LogP contribution >= 0.6 is 7.49 Å². The maximum Gasteiger partial charge on any atom is 0.541 e. The van der Waals surface area contributed by atoms with E-state index < -0.39 is 26.4 Å². The fourth-order valence-electron chi connectivity index (χ4n) is 2.85. The van der Waals surface area contributed by atoms with Gasteiger partial charge in [0, 0.05) is 19.2 Å². The van der Waals surface area contributed by atoms with Crippen molar-refractivity contribution in [2.45, 2.75) is 45.6 Å². The van der Waals surface area contributed by atoms with Crippen LogP contribution in [-0.4, -0.2) is 37.5 Å². The van der Waals surface area contributed by atoms with Gasteiger partial charge in [-0.2, -0.15) is 0 Å². The number of benzene rings is 2. The quantitative estimate of drug-likeness (QED) is 0.319. The molecule has 1 aliphatic heterocycles. The zero-order chi connectivity index (χ0) is 20.0. The molecule has 0 saturated carbocycles. The van der Waals surface area contributed by atoms with Crippen LogP contribution in [0.3, 0.4) is 0 Å². The average Bonchev–Trinajstić information content (AvgIpc) is 2.73. The molecule has 1 heterocycles. The fraction of sp³-hybridized carbons (Fsp3) is 0.450. The van der Waals surface area contributed by atoms with E-state index in [0.29, 0.717) is 5.75 Å². The minimum atomic E-state index is -1.68. The van der Waals surface area contributed by atoms with Crippen molar-refractivity contribution < 1.29 is 23.4 Å². The first-order chi connectivity index (χ1) is 12.4. The number of rotatable bonds is 2. The van der Waals surface area contributed by atoms with Crippen LogP contribution in [0.15, 0.2) is 36.4 Å². The van der Waals surface area contributed by atoms with Gasteiger partial charge < -0.3 is 14.1 Å². The van der Waals surface area contributed by atoms with Gasteiger partial charge in [-0.15, -0.1) is 0 Å². The molecule has 2 aromatic rings. The number of ether oxygens (including phenoxy) is 2. The monoisotopic (exact) mass is 389 g/mol. The fourth-order valence-corrected chi connectivity index (χ4v) is 4.09. The molecule has 0 aromatic heterocycles. The van der Waals surface area contributed by atoms with E-state index in [0.717, 1.165) is 16.2 Å². The molecule has 0 aliphatic carbocycles. The Bertz CT molecular complexity index is 856. The number of carbonyl (C=O) groups excluding carboxylic acids is 1. The van der Waals surface area contributed by atoms with Gasteiger partial charge in [-0.3, -0.25) is 4.44 Å². The van der Waals surface area contributed by atoms with Gasteiger partial charge in [-0.1, -0.05) is 30.3 Å². The molecule has 2 aromatic carbocycles. The second-order valence-electron chi connectivity index (χ2n) is 8.62. The molecule has 1 aliphatic rings. The predicted octanol–water partition coefficient (Wildman–Crippen LogP) is 4.82. The second kappa shape index (κ2) is 6.77. The van der Waals surface area contributed by atoms with Gasteiger partial charge in [0.15, 0.2) is 12.8 Å². The Balaban J connectivity index is 1.96. The first-order valence-corrected chi connectivity index (χ1v) is 11.6. The Morgan fingerprint density at radius 1 is 1.07 bits per heavy atom. The lowest BCUT2D eigenvalue weighted by molar-refractivity contribution is 0.0209. The summed E-state index contributed by atoms with van der Waals surface area (Å²) >= 11 is 0. The Hall–Kier alpha value is -1.62. The molecular formula is C20H27BO5P+. The topological polar surface area (TPSA) is 54.0 Å². The maximum absolute atomic E-state index is 12.1. The summed E-state index contributed by atoms with van der Waals surface area (Å²) in [5.41, 5.74) is 0.319. The Morgan fingerprint density at radius 2 is 1.70 bits per heavy atom. The van der Waals surface area contributed by atoms with Crippen LogP contribution < -0.4 is 10.2 Å². The van der Waals surface area contributed by atoms with Crippen molar-refractivity contribution in [1.29, 1.82) is 0 Å². The van der Waals surface area contributed by atoms with E-state index in [-0.39, 0.29) is 5.34 Å². The normalized spacial score (nSPS) is 18.6. The van der Waals surface area contributed by atoms with E-state index in [4.69, 9.17) is 18.6 Å². The molecule has 0 bridgehead atoms. The molecule has 7 heteroatoms. The van der Waals surface area contributed by atoms with E-state index in [2.05, 4.69) is 27.2 Å². The van der Waals surface area contributed by atoms with E-state index in [1.807, 2.05) is 30.3 Å². The standard InChI is InChI=1S/C20H27BO5P/c1-19(2,3)24-18(22)23-17-13-12-16(14-10-8-9-11-15(14)17)21-25-20(4,5)27(6,7)26-21/h8-13H,1-7H3/q+1. The lowest BCUT2D eigenvalue weighted by atomic mass is 9.76. The van der Waals surface area contributed by atoms with Crippen LogP contribution in [0.1, 0.15) is 34.6 Å². The third-order valence-electron chi connectivity index (χ3n) is 4.81. The van der Waals surface area contributed by atoms with Gasteiger partial charge in [0.05, 0.1) is 13.3 Å². The molecule has 0 N–H and O–H groups in total. The van der Waals surface area contributed by atoms with Crippen LogP contribution in [0, 0.1) is 0 Å². The highest BCUT2D eigenvalue weighted by Gasteiger charge is 2.59. The third kappa shape index (κ3) is 4.13. The molecule has 3 rings (SSSR count).